The molecule has 2 aliphatic rings. The summed E-state index contributed by atoms with van der Waals surface area (Å²) >= 11 is 3.12. The average Bonchev–Trinajstić information content (AvgIpc) is 3.05. The van der Waals surface area contributed by atoms with Gasteiger partial charge in [0, 0.05) is 24.1 Å². The Balaban J connectivity index is 1.42. The second-order valence-electron chi connectivity index (χ2n) is 8.05. The summed E-state index contributed by atoms with van der Waals surface area (Å²) < 4.78 is 6.03. The molecule has 0 aromatic heterocycles. The summed E-state index contributed by atoms with van der Waals surface area (Å²) in [4.78, 5) is 50.0. The van der Waals surface area contributed by atoms with Gasteiger partial charge in [0.25, 0.3) is 5.91 Å². The number of alkyl halides is 1. The number of hydrogen-bond donors (Lipinski definition) is 2. The van der Waals surface area contributed by atoms with E-state index >= 15 is 0 Å². The first-order chi connectivity index (χ1) is 16.0. The van der Waals surface area contributed by atoms with Gasteiger partial charge in [-0.25, -0.2) is 0 Å². The molecule has 0 saturated carbocycles. The van der Waals surface area contributed by atoms with Gasteiger partial charge in [-0.3, -0.25) is 24.5 Å². The van der Waals surface area contributed by atoms with Crippen molar-refractivity contribution in [2.75, 3.05) is 5.33 Å². The molecule has 1 saturated heterocycles. The molecule has 0 radical (unpaired) electrons. The first-order valence-corrected chi connectivity index (χ1v) is 11.9. The number of carbonyl (C=O) groups excluding carboxylic acids is 4. The third kappa shape index (κ3) is 5.24. The van der Waals surface area contributed by atoms with Crippen LogP contribution in [0.2, 0.25) is 0 Å². The molecule has 2 aromatic carbocycles. The van der Waals surface area contributed by atoms with Crippen LogP contribution in [0.4, 0.5) is 0 Å². The number of amides is 4. The molecule has 4 rings (SSSR count). The number of nitrogens with one attached hydrogen (secondary N) is 2. The summed E-state index contributed by atoms with van der Waals surface area (Å²) in [6, 6.07) is 12.4. The fourth-order valence-corrected chi connectivity index (χ4v) is 4.24. The average molecular weight is 514 g/mol. The van der Waals surface area contributed by atoms with E-state index in [9.17, 15) is 19.2 Å². The number of carbonyl (C=O) groups is 4. The van der Waals surface area contributed by atoms with Gasteiger partial charge in [0.15, 0.2) is 0 Å². The smallest absolute Gasteiger partial charge is 0.255 e. The summed E-state index contributed by atoms with van der Waals surface area (Å²) in [6.07, 6.45) is 1.30. The second kappa shape index (κ2) is 10.2. The van der Waals surface area contributed by atoms with Crippen LogP contribution < -0.4 is 15.4 Å². The molecule has 1 fully saturated rings. The molecule has 2 heterocycles. The van der Waals surface area contributed by atoms with Crippen LogP contribution in [0.15, 0.2) is 42.5 Å². The summed E-state index contributed by atoms with van der Waals surface area (Å²) in [5.41, 5.74) is 3.20. The molecular weight excluding hydrogens is 490 g/mol. The summed E-state index contributed by atoms with van der Waals surface area (Å²) in [5.74, 6) is -0.417. The predicted molar refractivity (Wildman–Crippen MR) is 124 cm³/mol. The van der Waals surface area contributed by atoms with Crippen molar-refractivity contribution in [2.45, 2.75) is 45.0 Å². The van der Waals surface area contributed by atoms with Gasteiger partial charge in [0.05, 0.1) is 11.9 Å². The van der Waals surface area contributed by atoms with Crippen LogP contribution in [0.25, 0.3) is 0 Å². The van der Waals surface area contributed by atoms with Crippen molar-refractivity contribution in [2.24, 2.45) is 0 Å². The number of ether oxygens (including phenoxy) is 1. The van der Waals surface area contributed by atoms with E-state index in [4.69, 9.17) is 4.74 Å². The minimum Gasteiger partial charge on any atom is -0.489 e. The van der Waals surface area contributed by atoms with Crippen LogP contribution in [0.1, 0.15) is 46.3 Å². The van der Waals surface area contributed by atoms with Crippen molar-refractivity contribution in [1.82, 2.24) is 15.5 Å². The number of benzene rings is 2. The normalized spacial score (nSPS) is 17.9. The number of nitrogens with zero attached hydrogens (tertiary/aromatic N) is 1. The van der Waals surface area contributed by atoms with Crippen molar-refractivity contribution in [3.63, 3.8) is 0 Å². The van der Waals surface area contributed by atoms with Gasteiger partial charge < -0.3 is 15.0 Å². The molecule has 9 heteroatoms. The number of halogens is 1. The number of fused-ring (bicyclic) bond motifs is 1. The summed E-state index contributed by atoms with van der Waals surface area (Å²) in [5, 5.41) is 5.44. The molecule has 0 aliphatic carbocycles. The largest absolute Gasteiger partial charge is 0.489 e. The minimum absolute atomic E-state index is 0.0723. The topological polar surface area (TPSA) is 105 Å². The Morgan fingerprint density at radius 2 is 1.88 bits per heavy atom. The zero-order valence-electron chi connectivity index (χ0n) is 17.9. The Morgan fingerprint density at radius 3 is 2.64 bits per heavy atom. The van der Waals surface area contributed by atoms with E-state index in [0.29, 0.717) is 37.3 Å². The Morgan fingerprint density at radius 1 is 1.12 bits per heavy atom. The molecule has 0 spiro atoms. The van der Waals surface area contributed by atoms with Gasteiger partial charge >= 0.3 is 0 Å². The molecule has 33 heavy (non-hydrogen) atoms. The predicted octanol–water partition coefficient (Wildman–Crippen LogP) is 2.43. The van der Waals surface area contributed by atoms with Gasteiger partial charge in [-0.05, 0) is 36.1 Å². The second-order valence-corrected chi connectivity index (χ2v) is 8.61. The molecule has 2 aromatic rings. The Hall–Kier alpha value is -3.20. The van der Waals surface area contributed by atoms with E-state index < -0.39 is 11.9 Å². The summed E-state index contributed by atoms with van der Waals surface area (Å²) in [7, 11) is 0. The standard InChI is InChI=1S/C24H24BrN3O5/c25-11-22(30)26-12-15-7-9-16(10-8-15)14-33-20-5-1-3-17-18(20)13-28(24(17)32)19-4-2-6-21(29)27-23(19)31/h1,3,5,7-10,19H,2,4,6,11-14H2,(H,26,30)(H,27,29,31). The van der Waals surface area contributed by atoms with E-state index in [-0.39, 0.29) is 36.0 Å². The fraction of sp³-hybridized carbons (Fsp3) is 0.333. The van der Waals surface area contributed by atoms with Crippen LogP contribution in [-0.4, -0.2) is 39.9 Å². The molecule has 172 valence electrons. The molecule has 2 N–H and O–H groups in total. The SMILES string of the molecule is O=C(CBr)NCc1ccc(COc2cccc3c2CN(C2CCCC(=O)NC2=O)C3=O)cc1. The lowest BCUT2D eigenvalue weighted by Crippen LogP contribution is -2.46. The maximum absolute atomic E-state index is 13.0. The zero-order chi connectivity index (χ0) is 23.4. The third-order valence-electron chi connectivity index (χ3n) is 5.80. The highest BCUT2D eigenvalue weighted by Gasteiger charge is 2.39. The third-order valence-corrected chi connectivity index (χ3v) is 6.31. The minimum atomic E-state index is -0.665. The van der Waals surface area contributed by atoms with Crippen LogP contribution in [0, 0.1) is 0 Å². The highest BCUT2D eigenvalue weighted by Crippen LogP contribution is 2.33. The van der Waals surface area contributed by atoms with Gasteiger partial charge in [-0.2, -0.15) is 0 Å². The molecule has 1 unspecified atom stereocenters. The molecule has 1 atom stereocenters. The Bertz CT molecular complexity index is 1090. The van der Waals surface area contributed by atoms with Crippen molar-refractivity contribution in [3.8, 4) is 5.75 Å². The van der Waals surface area contributed by atoms with Gasteiger partial charge in [0.1, 0.15) is 18.4 Å². The Labute approximate surface area is 199 Å². The highest BCUT2D eigenvalue weighted by atomic mass is 79.9. The van der Waals surface area contributed by atoms with E-state index in [1.807, 2.05) is 30.3 Å². The first-order valence-electron chi connectivity index (χ1n) is 10.8. The molecule has 4 amide bonds. The quantitative estimate of drug-likeness (QED) is 0.437. The van der Waals surface area contributed by atoms with Crippen LogP contribution in [-0.2, 0) is 34.1 Å². The van der Waals surface area contributed by atoms with Gasteiger partial charge in [-0.1, -0.05) is 46.3 Å². The van der Waals surface area contributed by atoms with Crippen LogP contribution in [0.5, 0.6) is 5.75 Å². The van der Waals surface area contributed by atoms with Crippen LogP contribution in [0.3, 0.4) is 0 Å². The number of hydrogen-bond acceptors (Lipinski definition) is 5. The van der Waals surface area contributed by atoms with E-state index in [0.717, 1.165) is 16.7 Å². The Kier molecular flexibility index (Phi) is 7.08. The van der Waals surface area contributed by atoms with Crippen molar-refractivity contribution in [1.29, 1.82) is 0 Å². The fourth-order valence-electron chi connectivity index (χ4n) is 4.04. The molecule has 8 nitrogen and oxygen atoms in total. The molecule has 0 bridgehead atoms. The lowest BCUT2D eigenvalue weighted by atomic mass is 10.1. The molecule has 2 aliphatic heterocycles. The van der Waals surface area contributed by atoms with E-state index in [1.54, 1.807) is 12.1 Å². The number of rotatable bonds is 7. The summed E-state index contributed by atoms with van der Waals surface area (Å²) in [6.45, 7) is 1.04. The van der Waals surface area contributed by atoms with E-state index in [2.05, 4.69) is 26.6 Å². The van der Waals surface area contributed by atoms with Gasteiger partial charge in [-0.15, -0.1) is 0 Å². The maximum atomic E-state index is 13.0. The van der Waals surface area contributed by atoms with Crippen LogP contribution >= 0.6 is 15.9 Å². The van der Waals surface area contributed by atoms with Gasteiger partial charge in [0.2, 0.25) is 17.7 Å². The maximum Gasteiger partial charge on any atom is 0.255 e. The monoisotopic (exact) mass is 513 g/mol. The lowest BCUT2D eigenvalue weighted by molar-refractivity contribution is -0.132. The lowest BCUT2D eigenvalue weighted by Gasteiger charge is -2.24. The van der Waals surface area contributed by atoms with E-state index in [1.165, 1.54) is 4.90 Å². The first kappa shape index (κ1) is 23.0. The van der Waals surface area contributed by atoms with Crippen molar-refractivity contribution in [3.05, 3.63) is 64.7 Å². The van der Waals surface area contributed by atoms with Crippen molar-refractivity contribution >= 4 is 39.6 Å². The number of imide groups is 1. The zero-order valence-corrected chi connectivity index (χ0v) is 19.5. The highest BCUT2D eigenvalue weighted by molar-refractivity contribution is 9.09. The molecular formula is C24H24BrN3O5. The van der Waals surface area contributed by atoms with Crippen molar-refractivity contribution < 1.29 is 23.9 Å².